The largest absolute Gasteiger partial charge is 0.375 e. The molecule has 2 heteroatoms. The second kappa shape index (κ2) is 3.25. The molecule has 0 unspecified atom stereocenters. The van der Waals surface area contributed by atoms with Gasteiger partial charge in [0.05, 0.1) is 5.60 Å². The molecular weight excluding hydrogens is 162 g/mol. The van der Waals surface area contributed by atoms with Gasteiger partial charge in [0.25, 0.3) is 0 Å². The van der Waals surface area contributed by atoms with Crippen molar-refractivity contribution in [1.29, 1.82) is 0 Å². The fourth-order valence-corrected chi connectivity index (χ4v) is 2.23. The molecule has 2 N–H and O–H groups in total. The molecule has 0 aliphatic heterocycles. The van der Waals surface area contributed by atoms with Crippen LogP contribution >= 0.6 is 0 Å². The molecule has 2 aliphatic rings. The van der Waals surface area contributed by atoms with Crippen LogP contribution in [0.5, 0.6) is 0 Å². The Morgan fingerprint density at radius 1 is 1.15 bits per heavy atom. The maximum Gasteiger partial charge on any atom is 0.0683 e. The van der Waals surface area contributed by atoms with E-state index in [1.165, 1.54) is 44.9 Å². The third kappa shape index (κ3) is 2.05. The molecule has 2 rings (SSSR count). The van der Waals surface area contributed by atoms with Gasteiger partial charge in [-0.3, -0.25) is 0 Å². The Kier molecular flexibility index (Phi) is 2.37. The van der Waals surface area contributed by atoms with E-state index < -0.39 is 0 Å². The van der Waals surface area contributed by atoms with Crippen LogP contribution in [-0.2, 0) is 4.74 Å². The average molecular weight is 183 g/mol. The standard InChI is InChI=1S/C11H21NO/c1-2-13-11(4-3-5-11)9-8-10(12)6-7-10/h2-9,12H2,1H3. The second-order valence-corrected chi connectivity index (χ2v) is 4.83. The fourth-order valence-electron chi connectivity index (χ4n) is 2.23. The van der Waals surface area contributed by atoms with Crippen LogP contribution in [0.3, 0.4) is 0 Å². The summed E-state index contributed by atoms with van der Waals surface area (Å²) >= 11 is 0. The highest BCUT2D eigenvalue weighted by atomic mass is 16.5. The van der Waals surface area contributed by atoms with E-state index in [-0.39, 0.29) is 11.1 Å². The van der Waals surface area contributed by atoms with Crippen molar-refractivity contribution in [1.82, 2.24) is 0 Å². The van der Waals surface area contributed by atoms with E-state index in [0.717, 1.165) is 6.61 Å². The molecule has 2 nitrogen and oxygen atoms in total. The number of hydrogen-bond acceptors (Lipinski definition) is 2. The number of nitrogens with two attached hydrogens (primary N) is 1. The van der Waals surface area contributed by atoms with Crippen LogP contribution in [0.25, 0.3) is 0 Å². The van der Waals surface area contributed by atoms with Gasteiger partial charge in [-0.15, -0.1) is 0 Å². The zero-order chi connectivity index (χ0) is 9.36. The molecule has 0 radical (unpaired) electrons. The molecule has 0 saturated heterocycles. The number of hydrogen-bond donors (Lipinski definition) is 1. The highest BCUT2D eigenvalue weighted by Crippen LogP contribution is 2.44. The van der Waals surface area contributed by atoms with Gasteiger partial charge in [0, 0.05) is 12.1 Å². The molecule has 2 fully saturated rings. The Bertz CT molecular complexity index is 183. The number of rotatable bonds is 5. The Labute approximate surface area is 80.8 Å². The van der Waals surface area contributed by atoms with Gasteiger partial charge in [-0.2, -0.15) is 0 Å². The van der Waals surface area contributed by atoms with E-state index in [4.69, 9.17) is 10.5 Å². The lowest BCUT2D eigenvalue weighted by molar-refractivity contribution is -0.102. The SMILES string of the molecule is CCOC1(CCC2(N)CC2)CCC1. The molecule has 0 aromatic rings. The van der Waals surface area contributed by atoms with Gasteiger partial charge >= 0.3 is 0 Å². The Hall–Kier alpha value is -0.0800. The fraction of sp³-hybridized carbons (Fsp3) is 1.00. The minimum absolute atomic E-state index is 0.208. The van der Waals surface area contributed by atoms with Crippen LogP contribution in [0.1, 0.15) is 51.9 Å². The molecule has 76 valence electrons. The first-order valence-electron chi connectivity index (χ1n) is 5.61. The highest BCUT2D eigenvalue weighted by Gasteiger charge is 2.43. The van der Waals surface area contributed by atoms with Crippen LogP contribution < -0.4 is 5.73 Å². The normalized spacial score (nSPS) is 28.2. The molecule has 0 amide bonds. The van der Waals surface area contributed by atoms with Crippen molar-refractivity contribution < 1.29 is 4.74 Å². The minimum Gasteiger partial charge on any atom is -0.375 e. The maximum atomic E-state index is 6.07. The van der Waals surface area contributed by atoms with Crippen molar-refractivity contribution >= 4 is 0 Å². The van der Waals surface area contributed by atoms with E-state index >= 15 is 0 Å². The summed E-state index contributed by atoms with van der Waals surface area (Å²) in [4.78, 5) is 0. The maximum absolute atomic E-state index is 6.07. The average Bonchev–Trinajstić information content (AvgIpc) is 2.75. The second-order valence-electron chi connectivity index (χ2n) is 4.83. The molecule has 0 atom stereocenters. The van der Waals surface area contributed by atoms with Crippen LogP contribution in [0.15, 0.2) is 0 Å². The van der Waals surface area contributed by atoms with Gasteiger partial charge in [0.2, 0.25) is 0 Å². The first-order valence-corrected chi connectivity index (χ1v) is 5.61. The predicted octanol–water partition coefficient (Wildman–Crippen LogP) is 2.22. The van der Waals surface area contributed by atoms with Crippen LogP contribution in [0.4, 0.5) is 0 Å². The summed E-state index contributed by atoms with van der Waals surface area (Å²) in [7, 11) is 0. The van der Waals surface area contributed by atoms with Crippen molar-refractivity contribution in [3.63, 3.8) is 0 Å². The highest BCUT2D eigenvalue weighted by molar-refractivity contribution is 5.01. The van der Waals surface area contributed by atoms with Crippen molar-refractivity contribution in [2.24, 2.45) is 5.73 Å². The van der Waals surface area contributed by atoms with Crippen LogP contribution in [-0.4, -0.2) is 17.7 Å². The summed E-state index contributed by atoms with van der Waals surface area (Å²) in [6.07, 6.45) is 8.69. The first kappa shape index (κ1) is 9.47. The number of ether oxygens (including phenoxy) is 1. The van der Waals surface area contributed by atoms with Crippen molar-refractivity contribution in [3.05, 3.63) is 0 Å². The summed E-state index contributed by atoms with van der Waals surface area (Å²) in [5, 5.41) is 0. The van der Waals surface area contributed by atoms with E-state index in [0.29, 0.717) is 0 Å². The van der Waals surface area contributed by atoms with Crippen LogP contribution in [0, 0.1) is 0 Å². The van der Waals surface area contributed by atoms with Crippen molar-refractivity contribution in [2.45, 2.75) is 63.0 Å². The third-order valence-corrected chi connectivity index (χ3v) is 3.69. The predicted molar refractivity (Wildman–Crippen MR) is 53.6 cm³/mol. The van der Waals surface area contributed by atoms with E-state index in [2.05, 4.69) is 6.92 Å². The summed E-state index contributed by atoms with van der Waals surface area (Å²) in [6, 6.07) is 0. The lowest BCUT2D eigenvalue weighted by atomic mass is 9.76. The Morgan fingerprint density at radius 3 is 2.23 bits per heavy atom. The molecular formula is C11H21NO. The van der Waals surface area contributed by atoms with Gasteiger partial charge in [0.15, 0.2) is 0 Å². The topological polar surface area (TPSA) is 35.2 Å². The summed E-state index contributed by atoms with van der Waals surface area (Å²) in [5.74, 6) is 0. The van der Waals surface area contributed by atoms with E-state index in [1.54, 1.807) is 0 Å². The zero-order valence-electron chi connectivity index (χ0n) is 8.64. The summed E-state index contributed by atoms with van der Waals surface area (Å²) < 4.78 is 5.83. The summed E-state index contributed by atoms with van der Waals surface area (Å²) in [6.45, 7) is 2.95. The summed E-state index contributed by atoms with van der Waals surface area (Å²) in [5.41, 5.74) is 6.52. The molecule has 0 spiro atoms. The zero-order valence-corrected chi connectivity index (χ0v) is 8.64. The van der Waals surface area contributed by atoms with Gasteiger partial charge in [0.1, 0.15) is 0 Å². The Balaban J connectivity index is 1.77. The van der Waals surface area contributed by atoms with E-state index in [9.17, 15) is 0 Å². The molecule has 2 saturated carbocycles. The van der Waals surface area contributed by atoms with Crippen molar-refractivity contribution in [3.8, 4) is 0 Å². The van der Waals surface area contributed by atoms with Crippen molar-refractivity contribution in [2.75, 3.05) is 6.61 Å². The molecule has 0 bridgehead atoms. The van der Waals surface area contributed by atoms with Gasteiger partial charge < -0.3 is 10.5 Å². The Morgan fingerprint density at radius 2 is 1.85 bits per heavy atom. The smallest absolute Gasteiger partial charge is 0.0683 e. The molecule has 2 aliphatic carbocycles. The molecule has 0 heterocycles. The minimum atomic E-state index is 0.208. The molecule has 13 heavy (non-hydrogen) atoms. The monoisotopic (exact) mass is 183 g/mol. The van der Waals surface area contributed by atoms with Gasteiger partial charge in [-0.05, 0) is 51.9 Å². The van der Waals surface area contributed by atoms with E-state index in [1.807, 2.05) is 0 Å². The molecule has 0 aromatic carbocycles. The van der Waals surface area contributed by atoms with Crippen LogP contribution in [0.2, 0.25) is 0 Å². The third-order valence-electron chi connectivity index (χ3n) is 3.69. The lowest BCUT2D eigenvalue weighted by Crippen LogP contribution is -2.41. The lowest BCUT2D eigenvalue weighted by Gasteiger charge is -2.42. The van der Waals surface area contributed by atoms with Gasteiger partial charge in [-0.1, -0.05) is 0 Å². The molecule has 0 aromatic heterocycles. The quantitative estimate of drug-likeness (QED) is 0.709. The van der Waals surface area contributed by atoms with Gasteiger partial charge in [-0.25, -0.2) is 0 Å². The first-order chi connectivity index (χ1) is 6.18.